The van der Waals surface area contributed by atoms with Gasteiger partial charge in [-0.3, -0.25) is 0 Å². The number of hydrogen-bond acceptors (Lipinski definition) is 0. The van der Waals surface area contributed by atoms with Crippen LogP contribution in [0.4, 0.5) is 0 Å². The molecule has 0 amide bonds. The summed E-state index contributed by atoms with van der Waals surface area (Å²) >= 11 is 0. The first-order valence-corrected chi connectivity index (χ1v) is 0. The van der Waals surface area contributed by atoms with E-state index in [1.54, 1.807) is 0 Å². The third kappa shape index (κ3) is 24.4. The summed E-state index contributed by atoms with van der Waals surface area (Å²) in [5, 5.41) is 0. The van der Waals surface area contributed by atoms with Crippen molar-refractivity contribution in [3.63, 3.8) is 0 Å². The van der Waals surface area contributed by atoms with Crippen molar-refractivity contribution in [2.45, 2.75) is 7.43 Å². The minimum absolute atomic E-state index is 0. The van der Waals surface area contributed by atoms with Crippen LogP contribution in [0.15, 0.2) is 0 Å². The van der Waals surface area contributed by atoms with Gasteiger partial charge in [-0.05, 0) is 0 Å². The summed E-state index contributed by atoms with van der Waals surface area (Å²) in [7, 11) is 0. The van der Waals surface area contributed by atoms with Crippen molar-refractivity contribution in [3.8, 4) is 0 Å². The average Bonchev–Trinajstić information content (AvgIpc) is 0. The maximum absolute atomic E-state index is 0. The standard InChI is InChI=1S/CH4.2S.2Zn/h1H4;;;;/q;2*-2;;+2/p+1. The molecule has 0 unspecified atom stereocenters. The van der Waals surface area contributed by atoms with E-state index in [2.05, 4.69) is 0 Å². The Labute approximate surface area is 74.4 Å². The molecule has 4 heteroatoms. The average molecular weight is 212 g/mol. The molecule has 0 atom stereocenters. The zero-order valence-electron chi connectivity index (χ0n) is 3.23. The van der Waals surface area contributed by atoms with Crippen molar-refractivity contribution < 1.29 is 40.4 Å². The van der Waals surface area contributed by atoms with E-state index in [4.69, 9.17) is 0 Å². The molecule has 0 bridgehead atoms. The summed E-state index contributed by atoms with van der Waals surface area (Å²) in [5.41, 5.74) is 0. The normalized spacial score (nSPS) is 0. The van der Waals surface area contributed by atoms with Crippen LogP contribution in [0.1, 0.15) is 8.85 Å². The van der Waals surface area contributed by atoms with E-state index >= 15 is 0 Å². The van der Waals surface area contributed by atoms with Gasteiger partial charge in [0.1, 0.15) is 0 Å². The molecule has 0 radical (unpaired) electrons. The van der Waals surface area contributed by atoms with Crippen LogP contribution in [0, 0.1) is 0 Å². The van der Waals surface area contributed by atoms with E-state index in [1.807, 2.05) is 0 Å². The van der Waals surface area contributed by atoms with Gasteiger partial charge in [-0.1, -0.05) is 7.43 Å². The van der Waals surface area contributed by atoms with Crippen molar-refractivity contribution in [1.29, 1.82) is 0 Å². The Bertz CT molecular complexity index is 11.5. The molecule has 5 heavy (non-hydrogen) atoms. The summed E-state index contributed by atoms with van der Waals surface area (Å²) in [6, 6.07) is 0. The van der Waals surface area contributed by atoms with Gasteiger partial charge >= 0.3 is 20.9 Å². The summed E-state index contributed by atoms with van der Waals surface area (Å²) in [4.78, 5) is 0. The second kappa shape index (κ2) is 38.4. The second-order valence-corrected chi connectivity index (χ2v) is 0. The molecule has 0 aromatic heterocycles. The van der Waals surface area contributed by atoms with Crippen molar-refractivity contribution in [1.82, 2.24) is 0 Å². The Balaban J connectivity index is 0. The summed E-state index contributed by atoms with van der Waals surface area (Å²) in [6.07, 6.45) is 0. The fourth-order valence-electron chi connectivity index (χ4n) is 0. The van der Waals surface area contributed by atoms with Crippen molar-refractivity contribution in [3.05, 3.63) is 0 Å². The number of rotatable bonds is 0. The first kappa shape index (κ1) is 64.8. The van der Waals surface area contributed by atoms with Gasteiger partial charge in [0.25, 0.3) is 0 Å². The van der Waals surface area contributed by atoms with Crippen LogP contribution < -0.4 is 0 Å². The molecule has 0 N–H and O–H groups in total. The van der Waals surface area contributed by atoms with Gasteiger partial charge in [-0.25, -0.2) is 0 Å². The third-order valence-electron chi connectivity index (χ3n) is 0. The minimum atomic E-state index is 0. The van der Waals surface area contributed by atoms with E-state index < -0.39 is 0 Å². The van der Waals surface area contributed by atoms with E-state index in [9.17, 15) is 0 Å². The Morgan fingerprint density at radius 3 is 1.00 bits per heavy atom. The van der Waals surface area contributed by atoms with Gasteiger partial charge in [-0.2, -0.15) is 0 Å². The van der Waals surface area contributed by atoms with Crippen molar-refractivity contribution >= 4 is 27.0 Å². The Morgan fingerprint density at radius 2 is 1.00 bits per heavy atom. The van der Waals surface area contributed by atoms with E-state index in [-0.39, 0.29) is 74.8 Å². The van der Waals surface area contributed by atoms with Crippen LogP contribution in [-0.2, 0) is 65.9 Å². The molecule has 0 saturated carbocycles. The maximum Gasteiger partial charge on any atom is 2.00 e. The molecule has 0 saturated heterocycles. The third-order valence-corrected chi connectivity index (χ3v) is 0. The van der Waals surface area contributed by atoms with Gasteiger partial charge in [-0.15, -0.1) is 0 Å². The second-order valence-electron chi connectivity index (χ2n) is 0. The first-order chi connectivity index (χ1) is 0. The Hall–Kier alpha value is 1.95. The van der Waals surface area contributed by atoms with E-state index in [0.29, 0.717) is 0 Å². The Morgan fingerprint density at radius 1 is 1.00 bits per heavy atom. The molecule has 0 fully saturated rings. The van der Waals surface area contributed by atoms with E-state index in [1.165, 1.54) is 0 Å². The summed E-state index contributed by atoms with van der Waals surface area (Å²) < 4.78 is 0. The van der Waals surface area contributed by atoms with Gasteiger partial charge in [0.2, 0.25) is 0 Å². The van der Waals surface area contributed by atoms with Gasteiger partial charge in [0.05, 0.1) is 0 Å². The fraction of sp³-hybridized carbons (Fsp3) is 1.00. The number of hydrogen-bond donors (Lipinski definition) is 0. The molecule has 0 rings (SSSR count). The monoisotopic (exact) mass is 209 g/mol. The Kier molecular flexibility index (Phi) is 498. The molecule has 0 heterocycles. The zero-order valence-corrected chi connectivity index (χ0v) is 9.80. The molecule has 0 nitrogen and oxygen atoms in total. The quantitative estimate of drug-likeness (QED) is 0.519. The van der Waals surface area contributed by atoms with Crippen molar-refractivity contribution in [2.75, 3.05) is 0 Å². The molecule has 0 aliphatic rings. The van der Waals surface area contributed by atoms with Crippen LogP contribution in [0.5, 0.6) is 0 Å². The van der Waals surface area contributed by atoms with Gasteiger partial charge < -0.3 is 27.0 Å². The van der Waals surface area contributed by atoms with Gasteiger partial charge in [0.15, 0.2) is 0 Å². The molecule has 0 aromatic rings. The van der Waals surface area contributed by atoms with Crippen LogP contribution >= 0.6 is 0 Å². The molecule has 0 aromatic carbocycles. The predicted octanol–water partition coefficient (Wildman–Crippen LogP) is 0.739. The predicted molar refractivity (Wildman–Crippen MR) is 22.6 cm³/mol. The smallest absolute Gasteiger partial charge is 2.00 e. The van der Waals surface area contributed by atoms with Gasteiger partial charge in [0, 0.05) is 19.5 Å². The summed E-state index contributed by atoms with van der Waals surface area (Å²) in [5.74, 6) is 0. The molecule has 0 aliphatic carbocycles. The SMILES string of the molecule is C.[H+].[S-2].[S-2].[Zn+2].[Zn]. The molecule has 0 aliphatic heterocycles. The largest absolute Gasteiger partial charge is 2.00 e. The van der Waals surface area contributed by atoms with E-state index in [0.717, 1.165) is 0 Å². The van der Waals surface area contributed by atoms with Crippen LogP contribution in [0.25, 0.3) is 0 Å². The van der Waals surface area contributed by atoms with Crippen molar-refractivity contribution in [2.24, 2.45) is 0 Å². The molecular formula is CH5S2Zn2-. The fourth-order valence-corrected chi connectivity index (χ4v) is 0. The zero-order chi connectivity index (χ0) is 0. The van der Waals surface area contributed by atoms with Crippen LogP contribution in [0.3, 0.4) is 0 Å². The molecule has 26 valence electrons. The molecule has 0 spiro atoms. The molecular weight excluding hydrogens is 207 g/mol. The summed E-state index contributed by atoms with van der Waals surface area (Å²) in [6.45, 7) is 0. The maximum atomic E-state index is 0. The van der Waals surface area contributed by atoms with Crippen LogP contribution in [-0.4, -0.2) is 0 Å². The minimum Gasteiger partial charge on any atom is -2.00 e. The topological polar surface area (TPSA) is 0 Å². The van der Waals surface area contributed by atoms with Crippen LogP contribution in [0.2, 0.25) is 0 Å². The first-order valence-electron chi connectivity index (χ1n) is 0.